The Hall–Kier alpha value is -1.06. The molecule has 100 valence electrons. The number of ether oxygens (including phenoxy) is 2. The van der Waals surface area contributed by atoms with Crippen molar-refractivity contribution in [3.63, 3.8) is 0 Å². The lowest BCUT2D eigenvalue weighted by molar-refractivity contribution is -0.0116. The predicted octanol–water partition coefficient (Wildman–Crippen LogP) is 3.00. The molecule has 1 fully saturated rings. The third kappa shape index (κ3) is 3.47. The zero-order valence-electron chi connectivity index (χ0n) is 11.2. The van der Waals surface area contributed by atoms with Crippen LogP contribution in [-0.2, 0) is 4.74 Å². The molecule has 1 heterocycles. The normalized spacial score (nSPS) is 21.6. The molecule has 1 N–H and O–H groups in total. The van der Waals surface area contributed by atoms with Gasteiger partial charge in [0.1, 0.15) is 12.4 Å². The quantitative estimate of drug-likeness (QED) is 0.892. The van der Waals surface area contributed by atoms with Crippen molar-refractivity contribution < 1.29 is 14.6 Å². The average Bonchev–Trinajstić information content (AvgIpc) is 2.37. The summed E-state index contributed by atoms with van der Waals surface area (Å²) in [5.74, 6) is 0.777. The topological polar surface area (TPSA) is 38.7 Å². The van der Waals surface area contributed by atoms with Crippen LogP contribution in [0.2, 0.25) is 0 Å². The van der Waals surface area contributed by atoms with E-state index in [0.29, 0.717) is 6.61 Å². The van der Waals surface area contributed by atoms with Gasteiger partial charge in [-0.3, -0.25) is 0 Å². The Kier molecular flexibility index (Phi) is 4.61. The lowest BCUT2D eigenvalue weighted by Gasteiger charge is -2.23. The van der Waals surface area contributed by atoms with E-state index in [9.17, 15) is 5.11 Å². The molecule has 0 amide bonds. The Balaban J connectivity index is 2.00. The van der Waals surface area contributed by atoms with E-state index in [1.54, 1.807) is 6.92 Å². The van der Waals surface area contributed by atoms with Crippen molar-refractivity contribution in [2.45, 2.75) is 45.3 Å². The lowest BCUT2D eigenvalue weighted by Crippen LogP contribution is -2.26. The van der Waals surface area contributed by atoms with E-state index in [4.69, 9.17) is 9.47 Å². The van der Waals surface area contributed by atoms with Crippen molar-refractivity contribution >= 4 is 0 Å². The second-order valence-electron chi connectivity index (χ2n) is 5.02. The van der Waals surface area contributed by atoms with Gasteiger partial charge in [-0.25, -0.2) is 0 Å². The Labute approximate surface area is 109 Å². The fraction of sp³-hybridized carbons (Fsp3) is 0.600. The summed E-state index contributed by atoms with van der Waals surface area (Å²) in [5, 5.41) is 9.72. The first-order chi connectivity index (χ1) is 8.66. The maximum atomic E-state index is 9.72. The monoisotopic (exact) mass is 250 g/mol. The summed E-state index contributed by atoms with van der Waals surface area (Å²) in [6.07, 6.45) is 3.12. The van der Waals surface area contributed by atoms with Crippen LogP contribution in [0.25, 0.3) is 0 Å². The SMILES string of the molecule is Cc1ccc([C@H](C)O)c(OCC2CCCCO2)c1. The van der Waals surface area contributed by atoms with E-state index >= 15 is 0 Å². The van der Waals surface area contributed by atoms with Crippen LogP contribution >= 0.6 is 0 Å². The number of aliphatic hydroxyl groups excluding tert-OH is 1. The van der Waals surface area contributed by atoms with Crippen molar-refractivity contribution in [1.82, 2.24) is 0 Å². The van der Waals surface area contributed by atoms with Crippen molar-refractivity contribution in [3.8, 4) is 5.75 Å². The zero-order valence-corrected chi connectivity index (χ0v) is 11.2. The van der Waals surface area contributed by atoms with Gasteiger partial charge in [0, 0.05) is 12.2 Å². The first-order valence-electron chi connectivity index (χ1n) is 6.70. The van der Waals surface area contributed by atoms with Gasteiger partial charge in [-0.15, -0.1) is 0 Å². The fourth-order valence-corrected chi connectivity index (χ4v) is 2.23. The van der Waals surface area contributed by atoms with E-state index in [1.807, 2.05) is 25.1 Å². The van der Waals surface area contributed by atoms with Gasteiger partial charge < -0.3 is 14.6 Å². The van der Waals surface area contributed by atoms with Crippen molar-refractivity contribution in [2.24, 2.45) is 0 Å². The highest BCUT2D eigenvalue weighted by Gasteiger charge is 2.16. The molecule has 0 bridgehead atoms. The van der Waals surface area contributed by atoms with Gasteiger partial charge in [0.25, 0.3) is 0 Å². The zero-order chi connectivity index (χ0) is 13.0. The van der Waals surface area contributed by atoms with Gasteiger partial charge in [-0.2, -0.15) is 0 Å². The highest BCUT2D eigenvalue weighted by molar-refractivity contribution is 5.38. The Morgan fingerprint density at radius 3 is 2.94 bits per heavy atom. The van der Waals surface area contributed by atoms with Crippen LogP contribution < -0.4 is 4.74 Å². The van der Waals surface area contributed by atoms with Gasteiger partial charge >= 0.3 is 0 Å². The molecule has 1 aliphatic heterocycles. The molecule has 2 rings (SSSR count). The van der Waals surface area contributed by atoms with Crippen molar-refractivity contribution in [1.29, 1.82) is 0 Å². The molecule has 0 aromatic heterocycles. The first kappa shape index (κ1) is 13.4. The molecule has 1 saturated heterocycles. The second kappa shape index (κ2) is 6.21. The summed E-state index contributed by atoms with van der Waals surface area (Å²) < 4.78 is 11.5. The van der Waals surface area contributed by atoms with Gasteiger partial charge in [0.05, 0.1) is 12.2 Å². The Morgan fingerprint density at radius 2 is 2.28 bits per heavy atom. The third-order valence-corrected chi connectivity index (χ3v) is 3.32. The van der Waals surface area contributed by atoms with Crippen LogP contribution in [0.5, 0.6) is 5.75 Å². The van der Waals surface area contributed by atoms with Crippen molar-refractivity contribution in [3.05, 3.63) is 29.3 Å². The lowest BCUT2D eigenvalue weighted by atomic mass is 10.1. The number of aliphatic hydroxyl groups is 1. The van der Waals surface area contributed by atoms with Crippen LogP contribution in [-0.4, -0.2) is 24.4 Å². The van der Waals surface area contributed by atoms with Crippen LogP contribution in [0.15, 0.2) is 18.2 Å². The number of aryl methyl sites for hydroxylation is 1. The van der Waals surface area contributed by atoms with Crippen molar-refractivity contribution in [2.75, 3.05) is 13.2 Å². The maximum absolute atomic E-state index is 9.72. The number of benzene rings is 1. The average molecular weight is 250 g/mol. The molecule has 1 aliphatic rings. The highest BCUT2D eigenvalue weighted by Crippen LogP contribution is 2.27. The molecular formula is C15H22O3. The Morgan fingerprint density at radius 1 is 1.44 bits per heavy atom. The van der Waals surface area contributed by atoms with Crippen LogP contribution in [0.4, 0.5) is 0 Å². The van der Waals surface area contributed by atoms with Crippen LogP contribution in [0, 0.1) is 6.92 Å². The predicted molar refractivity (Wildman–Crippen MR) is 70.9 cm³/mol. The third-order valence-electron chi connectivity index (χ3n) is 3.32. The van der Waals surface area contributed by atoms with Gasteiger partial charge in [0.2, 0.25) is 0 Å². The number of hydrogen-bond acceptors (Lipinski definition) is 3. The summed E-state index contributed by atoms with van der Waals surface area (Å²) >= 11 is 0. The minimum absolute atomic E-state index is 0.195. The smallest absolute Gasteiger partial charge is 0.125 e. The molecule has 3 nitrogen and oxygen atoms in total. The number of hydrogen-bond donors (Lipinski definition) is 1. The summed E-state index contributed by atoms with van der Waals surface area (Å²) in [7, 11) is 0. The van der Waals surface area contributed by atoms with Gasteiger partial charge in [-0.1, -0.05) is 12.1 Å². The molecular weight excluding hydrogens is 228 g/mol. The van der Waals surface area contributed by atoms with E-state index in [0.717, 1.165) is 36.3 Å². The van der Waals surface area contributed by atoms with E-state index < -0.39 is 6.10 Å². The standard InChI is InChI=1S/C15H22O3/c1-11-6-7-14(12(2)16)15(9-11)18-10-13-5-3-4-8-17-13/h6-7,9,12-13,16H,3-5,8,10H2,1-2H3/t12-,13?/m0/s1. The molecule has 0 radical (unpaired) electrons. The van der Waals surface area contributed by atoms with Crippen LogP contribution in [0.1, 0.15) is 43.4 Å². The molecule has 0 aliphatic carbocycles. The minimum Gasteiger partial charge on any atom is -0.490 e. The van der Waals surface area contributed by atoms with E-state index in [1.165, 1.54) is 6.42 Å². The summed E-state index contributed by atoms with van der Waals surface area (Å²) in [5.41, 5.74) is 1.98. The van der Waals surface area contributed by atoms with E-state index in [-0.39, 0.29) is 6.10 Å². The molecule has 1 aromatic carbocycles. The maximum Gasteiger partial charge on any atom is 0.125 e. The molecule has 3 heteroatoms. The molecule has 18 heavy (non-hydrogen) atoms. The molecule has 0 saturated carbocycles. The largest absolute Gasteiger partial charge is 0.490 e. The fourth-order valence-electron chi connectivity index (χ4n) is 2.23. The summed E-state index contributed by atoms with van der Waals surface area (Å²) in [6.45, 7) is 5.19. The highest BCUT2D eigenvalue weighted by atomic mass is 16.5. The summed E-state index contributed by atoms with van der Waals surface area (Å²) in [4.78, 5) is 0. The second-order valence-corrected chi connectivity index (χ2v) is 5.02. The minimum atomic E-state index is -0.507. The Bertz CT molecular complexity index is 381. The van der Waals surface area contributed by atoms with Crippen LogP contribution in [0.3, 0.4) is 0 Å². The molecule has 1 unspecified atom stereocenters. The molecule has 1 aromatic rings. The van der Waals surface area contributed by atoms with E-state index in [2.05, 4.69) is 0 Å². The molecule has 2 atom stereocenters. The van der Waals surface area contributed by atoms with Gasteiger partial charge in [0.15, 0.2) is 0 Å². The molecule has 0 spiro atoms. The summed E-state index contributed by atoms with van der Waals surface area (Å²) in [6, 6.07) is 5.90. The first-order valence-corrected chi connectivity index (χ1v) is 6.70. The number of rotatable bonds is 4. The van der Waals surface area contributed by atoms with Gasteiger partial charge in [-0.05, 0) is 44.7 Å².